The van der Waals surface area contributed by atoms with E-state index in [0.717, 1.165) is 38.5 Å². The van der Waals surface area contributed by atoms with Gasteiger partial charge in [0.2, 0.25) is 5.91 Å². The molecule has 16 heavy (non-hydrogen) atoms. The summed E-state index contributed by atoms with van der Waals surface area (Å²) in [5.74, 6) is 0.104. The zero-order valence-electron chi connectivity index (χ0n) is 9.80. The number of aliphatic hydroxyl groups excluding tert-OH is 1. The Kier molecular flexibility index (Phi) is 3.22. The van der Waals surface area contributed by atoms with Gasteiger partial charge in [0.1, 0.15) is 0 Å². The molecule has 0 aliphatic heterocycles. The van der Waals surface area contributed by atoms with Gasteiger partial charge < -0.3 is 16.2 Å². The van der Waals surface area contributed by atoms with Crippen LogP contribution in [-0.4, -0.2) is 30.7 Å². The molecular weight excluding hydrogens is 204 g/mol. The summed E-state index contributed by atoms with van der Waals surface area (Å²) >= 11 is 0. The number of amides is 1. The minimum Gasteiger partial charge on any atom is -0.396 e. The maximum absolute atomic E-state index is 12.1. The van der Waals surface area contributed by atoms with Crippen molar-refractivity contribution in [3.05, 3.63) is 0 Å². The third-order valence-corrected chi connectivity index (χ3v) is 4.35. The highest BCUT2D eigenvalue weighted by atomic mass is 16.3. The summed E-state index contributed by atoms with van der Waals surface area (Å²) in [7, 11) is 0. The largest absolute Gasteiger partial charge is 0.396 e. The van der Waals surface area contributed by atoms with Gasteiger partial charge in [-0.3, -0.25) is 4.79 Å². The third kappa shape index (κ3) is 2.09. The lowest BCUT2D eigenvalue weighted by atomic mass is 9.85. The van der Waals surface area contributed by atoms with Crippen molar-refractivity contribution < 1.29 is 9.90 Å². The maximum Gasteiger partial charge on any atom is 0.227 e. The Morgan fingerprint density at radius 3 is 2.31 bits per heavy atom. The van der Waals surface area contributed by atoms with E-state index in [2.05, 4.69) is 5.32 Å². The average Bonchev–Trinajstić information content (AvgIpc) is 2.94. The summed E-state index contributed by atoms with van der Waals surface area (Å²) in [5.41, 5.74) is 5.42. The zero-order valence-corrected chi connectivity index (χ0v) is 9.80. The lowest BCUT2D eigenvalue weighted by Crippen LogP contribution is -2.46. The van der Waals surface area contributed by atoms with E-state index in [1.807, 2.05) is 0 Å². The van der Waals surface area contributed by atoms with Crippen molar-refractivity contribution in [1.29, 1.82) is 0 Å². The van der Waals surface area contributed by atoms with Crippen LogP contribution in [0.3, 0.4) is 0 Å². The Morgan fingerprint density at radius 2 is 1.88 bits per heavy atom. The maximum atomic E-state index is 12.1. The van der Waals surface area contributed by atoms with E-state index < -0.39 is 0 Å². The van der Waals surface area contributed by atoms with Crippen LogP contribution < -0.4 is 11.1 Å². The fourth-order valence-corrected chi connectivity index (χ4v) is 2.60. The highest BCUT2D eigenvalue weighted by Crippen LogP contribution is 2.45. The van der Waals surface area contributed by atoms with E-state index in [4.69, 9.17) is 5.73 Å². The molecule has 4 N–H and O–H groups in total. The molecule has 2 fully saturated rings. The van der Waals surface area contributed by atoms with Crippen LogP contribution in [0.5, 0.6) is 0 Å². The Morgan fingerprint density at radius 1 is 1.25 bits per heavy atom. The summed E-state index contributed by atoms with van der Waals surface area (Å²) in [6.45, 7) is 1.25. The first kappa shape index (κ1) is 11.9. The Labute approximate surface area is 96.6 Å². The SMILES string of the molecule is NCC1(C(=O)NCC2(CO)CC2)CCCC1. The predicted molar refractivity (Wildman–Crippen MR) is 61.7 cm³/mol. The van der Waals surface area contributed by atoms with Crippen LogP contribution in [0.1, 0.15) is 38.5 Å². The van der Waals surface area contributed by atoms with E-state index in [1.54, 1.807) is 0 Å². The lowest BCUT2D eigenvalue weighted by molar-refractivity contribution is -0.130. The van der Waals surface area contributed by atoms with Crippen molar-refractivity contribution in [3.63, 3.8) is 0 Å². The summed E-state index contributed by atoms with van der Waals surface area (Å²) < 4.78 is 0. The van der Waals surface area contributed by atoms with Gasteiger partial charge in [0.05, 0.1) is 12.0 Å². The molecule has 0 aromatic carbocycles. The van der Waals surface area contributed by atoms with Crippen molar-refractivity contribution in [2.75, 3.05) is 19.7 Å². The fourth-order valence-electron chi connectivity index (χ4n) is 2.60. The quantitative estimate of drug-likeness (QED) is 0.635. The number of nitrogens with one attached hydrogen (secondary N) is 1. The molecule has 2 aliphatic carbocycles. The second-order valence-electron chi connectivity index (χ2n) is 5.53. The summed E-state index contributed by atoms with van der Waals surface area (Å²) in [6, 6.07) is 0. The van der Waals surface area contributed by atoms with Gasteiger partial charge in [-0.1, -0.05) is 12.8 Å². The van der Waals surface area contributed by atoms with Crippen molar-refractivity contribution in [3.8, 4) is 0 Å². The molecule has 0 atom stereocenters. The highest BCUT2D eigenvalue weighted by molar-refractivity contribution is 5.83. The van der Waals surface area contributed by atoms with Crippen LogP contribution in [0.25, 0.3) is 0 Å². The van der Waals surface area contributed by atoms with E-state index in [9.17, 15) is 9.90 Å². The van der Waals surface area contributed by atoms with E-state index in [1.165, 1.54) is 0 Å². The van der Waals surface area contributed by atoms with Gasteiger partial charge >= 0.3 is 0 Å². The molecule has 0 bridgehead atoms. The van der Waals surface area contributed by atoms with E-state index in [-0.39, 0.29) is 23.3 Å². The topological polar surface area (TPSA) is 75.4 Å². The van der Waals surface area contributed by atoms with Crippen LogP contribution in [-0.2, 0) is 4.79 Å². The molecule has 0 spiro atoms. The van der Waals surface area contributed by atoms with Gasteiger partial charge in [-0.05, 0) is 25.7 Å². The summed E-state index contributed by atoms with van der Waals surface area (Å²) in [5, 5.41) is 12.2. The van der Waals surface area contributed by atoms with Crippen LogP contribution in [0.15, 0.2) is 0 Å². The van der Waals surface area contributed by atoms with Crippen LogP contribution >= 0.6 is 0 Å². The highest BCUT2D eigenvalue weighted by Gasteiger charge is 2.45. The van der Waals surface area contributed by atoms with Gasteiger partial charge in [0, 0.05) is 18.5 Å². The molecule has 92 valence electrons. The number of nitrogens with two attached hydrogens (primary N) is 1. The molecule has 2 saturated carbocycles. The molecule has 2 aliphatic rings. The first-order chi connectivity index (χ1) is 7.66. The predicted octanol–water partition coefficient (Wildman–Crippen LogP) is 0.394. The first-order valence-electron chi connectivity index (χ1n) is 6.26. The van der Waals surface area contributed by atoms with E-state index >= 15 is 0 Å². The third-order valence-electron chi connectivity index (χ3n) is 4.35. The normalized spacial score (nSPS) is 25.4. The minimum absolute atomic E-state index is 0.00987. The standard InChI is InChI=1S/C12H22N2O2/c13-7-12(3-1-2-4-12)10(16)14-8-11(9-15)5-6-11/h15H,1-9,13H2,(H,14,16). The Bertz CT molecular complexity index is 268. The molecule has 2 rings (SSSR count). The van der Waals surface area contributed by atoms with Crippen molar-refractivity contribution in [2.45, 2.75) is 38.5 Å². The van der Waals surface area contributed by atoms with Gasteiger partial charge in [-0.25, -0.2) is 0 Å². The van der Waals surface area contributed by atoms with E-state index in [0.29, 0.717) is 13.1 Å². The first-order valence-corrected chi connectivity index (χ1v) is 6.26. The lowest BCUT2D eigenvalue weighted by Gasteiger charge is -2.26. The molecule has 0 radical (unpaired) electrons. The number of rotatable bonds is 5. The number of hydrogen-bond donors (Lipinski definition) is 3. The second kappa shape index (κ2) is 4.34. The number of carbonyl (C=O) groups is 1. The zero-order chi connectivity index (χ0) is 11.6. The fraction of sp³-hybridized carbons (Fsp3) is 0.917. The van der Waals surface area contributed by atoms with Gasteiger partial charge in [0.25, 0.3) is 0 Å². The second-order valence-corrected chi connectivity index (χ2v) is 5.53. The molecule has 4 heteroatoms. The summed E-state index contributed by atoms with van der Waals surface area (Å²) in [4.78, 5) is 12.1. The van der Waals surface area contributed by atoms with Gasteiger partial charge in [0.15, 0.2) is 0 Å². The molecule has 0 saturated heterocycles. The monoisotopic (exact) mass is 226 g/mol. The molecule has 0 heterocycles. The van der Waals surface area contributed by atoms with Gasteiger partial charge in [-0.15, -0.1) is 0 Å². The van der Waals surface area contributed by atoms with Crippen LogP contribution in [0, 0.1) is 10.8 Å². The molecule has 1 amide bonds. The Hall–Kier alpha value is -0.610. The van der Waals surface area contributed by atoms with Crippen LogP contribution in [0.4, 0.5) is 0 Å². The number of carbonyl (C=O) groups excluding carboxylic acids is 1. The molecule has 0 aromatic rings. The van der Waals surface area contributed by atoms with Crippen molar-refractivity contribution in [1.82, 2.24) is 5.32 Å². The smallest absolute Gasteiger partial charge is 0.227 e. The summed E-state index contributed by atoms with van der Waals surface area (Å²) in [6.07, 6.45) is 6.10. The van der Waals surface area contributed by atoms with Crippen molar-refractivity contribution >= 4 is 5.91 Å². The van der Waals surface area contributed by atoms with Gasteiger partial charge in [-0.2, -0.15) is 0 Å². The molecule has 4 nitrogen and oxygen atoms in total. The number of hydrogen-bond acceptors (Lipinski definition) is 3. The average molecular weight is 226 g/mol. The molecule has 0 aromatic heterocycles. The molecular formula is C12H22N2O2. The Balaban J connectivity index is 1.87. The minimum atomic E-state index is -0.314. The van der Waals surface area contributed by atoms with Crippen LogP contribution in [0.2, 0.25) is 0 Å². The van der Waals surface area contributed by atoms with Crippen molar-refractivity contribution in [2.24, 2.45) is 16.6 Å². The molecule has 0 unspecified atom stereocenters. The number of aliphatic hydroxyl groups is 1.